The number of aryl methyl sites for hydroxylation is 2. The molecule has 0 spiro atoms. The molecule has 5 rings (SSSR count). The van der Waals surface area contributed by atoms with Crippen molar-refractivity contribution in [1.29, 1.82) is 5.41 Å². The van der Waals surface area contributed by atoms with Crippen LogP contribution in [0.25, 0.3) is 6.08 Å². The molecule has 0 aromatic carbocycles. The van der Waals surface area contributed by atoms with Gasteiger partial charge in [-0.3, -0.25) is 10.2 Å². The molecular weight excluding hydrogens is 534 g/mol. The van der Waals surface area contributed by atoms with Gasteiger partial charge in [-0.05, 0) is 105 Å². The number of aromatic amines is 1. The highest BCUT2D eigenvalue weighted by Crippen LogP contribution is 2.46. The van der Waals surface area contributed by atoms with Gasteiger partial charge in [0.2, 0.25) is 0 Å². The SMILES string of the molecule is C=C/C=C(/N)C1=CC2CCC(C(=O)/C3=C/C/C=C(CCc4cc5c([nH]4)C=CCC5)\C=C/CC3)C2C=C1OC=N.Cl.O. The van der Waals surface area contributed by atoms with E-state index in [1.165, 1.54) is 22.5 Å². The summed E-state index contributed by atoms with van der Waals surface area (Å²) in [6, 6.07) is 2.32. The summed E-state index contributed by atoms with van der Waals surface area (Å²) in [6.45, 7) is 3.73. The lowest BCUT2D eigenvalue weighted by molar-refractivity contribution is -0.120. The van der Waals surface area contributed by atoms with Crippen LogP contribution in [0.2, 0.25) is 0 Å². The van der Waals surface area contributed by atoms with Crippen molar-refractivity contribution in [1.82, 2.24) is 4.98 Å². The van der Waals surface area contributed by atoms with E-state index in [-0.39, 0.29) is 41.4 Å². The fourth-order valence-electron chi connectivity index (χ4n) is 6.41. The first-order chi connectivity index (χ1) is 19.1. The maximum atomic E-state index is 13.8. The number of ketones is 1. The van der Waals surface area contributed by atoms with Crippen LogP contribution in [0.1, 0.15) is 61.9 Å². The van der Waals surface area contributed by atoms with Crippen LogP contribution in [-0.4, -0.2) is 22.6 Å². The lowest BCUT2D eigenvalue weighted by Crippen LogP contribution is -2.25. The zero-order valence-electron chi connectivity index (χ0n) is 23.5. The van der Waals surface area contributed by atoms with E-state index in [4.69, 9.17) is 15.9 Å². The van der Waals surface area contributed by atoms with Gasteiger partial charge in [-0.2, -0.15) is 0 Å². The van der Waals surface area contributed by atoms with Gasteiger partial charge < -0.3 is 20.9 Å². The van der Waals surface area contributed by atoms with Crippen molar-refractivity contribution in [2.75, 3.05) is 0 Å². The molecule has 0 bridgehead atoms. The summed E-state index contributed by atoms with van der Waals surface area (Å²) in [6.07, 6.45) is 30.2. The summed E-state index contributed by atoms with van der Waals surface area (Å²) in [5.74, 6) is 1.04. The summed E-state index contributed by atoms with van der Waals surface area (Å²) in [7, 11) is 0. The smallest absolute Gasteiger partial charge is 0.173 e. The van der Waals surface area contributed by atoms with E-state index in [0.29, 0.717) is 11.5 Å². The van der Waals surface area contributed by atoms with Gasteiger partial charge in [-0.15, -0.1) is 12.4 Å². The van der Waals surface area contributed by atoms with Crippen LogP contribution in [0.4, 0.5) is 0 Å². The van der Waals surface area contributed by atoms with Gasteiger partial charge in [0.15, 0.2) is 12.2 Å². The van der Waals surface area contributed by atoms with E-state index < -0.39 is 0 Å². The molecule has 3 unspecified atom stereocenters. The largest absolute Gasteiger partial charge is 0.446 e. The van der Waals surface area contributed by atoms with E-state index >= 15 is 0 Å². The first kappa shape index (κ1) is 31.9. The molecule has 3 atom stereocenters. The Morgan fingerprint density at radius 3 is 2.71 bits per heavy atom. The lowest BCUT2D eigenvalue weighted by Gasteiger charge is -2.27. The number of ether oxygens (including phenoxy) is 1. The number of hydrogen-bond acceptors (Lipinski definition) is 4. The number of hydrogen-bond donors (Lipinski definition) is 3. The second-order valence-corrected chi connectivity index (χ2v) is 10.9. The Morgan fingerprint density at radius 1 is 1.12 bits per heavy atom. The first-order valence-electron chi connectivity index (χ1n) is 14.2. The Morgan fingerprint density at radius 2 is 1.93 bits per heavy atom. The maximum absolute atomic E-state index is 13.8. The van der Waals surface area contributed by atoms with Crippen LogP contribution >= 0.6 is 12.4 Å². The Hall–Kier alpha value is -3.61. The van der Waals surface area contributed by atoms with Gasteiger partial charge >= 0.3 is 0 Å². The molecule has 1 heterocycles. The van der Waals surface area contributed by atoms with E-state index in [9.17, 15) is 4.79 Å². The molecule has 6 nitrogen and oxygen atoms in total. The van der Waals surface area contributed by atoms with Gasteiger partial charge in [-0.1, -0.05) is 54.7 Å². The van der Waals surface area contributed by atoms with Gasteiger partial charge in [0.05, 0.1) is 0 Å². The second kappa shape index (κ2) is 14.9. The lowest BCUT2D eigenvalue weighted by atomic mass is 9.79. The Balaban J connectivity index is 0.00000231. The van der Waals surface area contributed by atoms with Crippen molar-refractivity contribution in [2.45, 2.75) is 57.8 Å². The summed E-state index contributed by atoms with van der Waals surface area (Å²) >= 11 is 0. The Kier molecular flexibility index (Phi) is 11.6. The summed E-state index contributed by atoms with van der Waals surface area (Å²) < 4.78 is 5.52. The number of carbonyl (C=O) groups excluding carboxylic acids is 1. The number of allylic oxidation sites excluding steroid dienone is 11. The third-order valence-electron chi connectivity index (χ3n) is 8.40. The number of nitrogens with one attached hydrogen (secondary N) is 2. The fourth-order valence-corrected chi connectivity index (χ4v) is 6.41. The van der Waals surface area contributed by atoms with Crippen LogP contribution in [0.15, 0.2) is 95.5 Å². The van der Waals surface area contributed by atoms with Crippen molar-refractivity contribution >= 4 is 30.7 Å². The van der Waals surface area contributed by atoms with E-state index in [1.807, 2.05) is 6.08 Å². The van der Waals surface area contributed by atoms with Crippen LogP contribution in [0.3, 0.4) is 0 Å². The Labute approximate surface area is 249 Å². The third-order valence-corrected chi connectivity index (χ3v) is 8.40. The number of carbonyl (C=O) groups is 1. The van der Waals surface area contributed by atoms with Gasteiger partial charge in [-0.25, -0.2) is 0 Å². The number of rotatable bonds is 9. The molecule has 1 aromatic heterocycles. The molecule has 1 aromatic rings. The van der Waals surface area contributed by atoms with Crippen molar-refractivity contribution in [2.24, 2.45) is 23.5 Å². The maximum Gasteiger partial charge on any atom is 0.173 e. The molecule has 6 N–H and O–H groups in total. The number of fused-ring (bicyclic) bond motifs is 2. The van der Waals surface area contributed by atoms with Gasteiger partial charge in [0.25, 0.3) is 0 Å². The number of Topliss-reactive ketones (excluding diaryl/α,β-unsaturated/α-hetero) is 1. The predicted octanol–water partition coefficient (Wildman–Crippen LogP) is 6.78. The van der Waals surface area contributed by atoms with E-state index in [2.05, 4.69) is 60.2 Å². The summed E-state index contributed by atoms with van der Waals surface area (Å²) in [5, 5.41) is 7.46. The number of halogens is 1. The average molecular weight is 576 g/mol. The number of nitrogens with two attached hydrogens (primary N) is 1. The summed E-state index contributed by atoms with van der Waals surface area (Å²) in [5.41, 5.74) is 13.9. The molecule has 0 aliphatic heterocycles. The van der Waals surface area contributed by atoms with Gasteiger partial charge in [0, 0.05) is 28.6 Å². The van der Waals surface area contributed by atoms with Crippen LogP contribution in [0.5, 0.6) is 0 Å². The number of H-pyrrole nitrogens is 1. The molecule has 218 valence electrons. The van der Waals surface area contributed by atoms with Crippen LogP contribution in [-0.2, 0) is 22.4 Å². The topological polar surface area (TPSA) is 123 Å². The normalized spacial score (nSPS) is 26.7. The molecule has 1 saturated carbocycles. The minimum absolute atomic E-state index is 0. The van der Waals surface area contributed by atoms with Crippen molar-refractivity contribution in [3.05, 3.63) is 112 Å². The van der Waals surface area contributed by atoms with Crippen molar-refractivity contribution < 1.29 is 15.0 Å². The molecule has 7 heteroatoms. The minimum Gasteiger partial charge on any atom is -0.446 e. The first-order valence-corrected chi connectivity index (χ1v) is 14.2. The third kappa shape index (κ3) is 7.38. The van der Waals surface area contributed by atoms with E-state index in [0.717, 1.165) is 75.3 Å². The van der Waals surface area contributed by atoms with Crippen molar-refractivity contribution in [3.8, 4) is 0 Å². The Bertz CT molecular complexity index is 1350. The standard InChI is InChI=1S/C34H39N3O2.ClH.H2O/c1-2-8-31(36)30-20-25-16-18-28(29(25)21-33(30)39-22-35)34(38)24-11-4-3-9-23(10-7-13-24)15-17-27-19-26-12-5-6-14-32(26)37-27;;/h2-3,6,8-10,13-14,19-22,25,28-29,35,37H,1,4-5,7,11-12,15-18,36H2;1H;1H2/b9-3-,23-10+,24-13+,31-8+,35-22?;;. The highest BCUT2D eigenvalue weighted by Gasteiger charge is 2.41. The molecular formula is C34H42ClN3O3. The highest BCUT2D eigenvalue weighted by atomic mass is 35.5. The molecule has 0 radical (unpaired) electrons. The molecule has 0 amide bonds. The predicted molar refractivity (Wildman–Crippen MR) is 170 cm³/mol. The average Bonchev–Trinajstić information content (AvgIpc) is 3.57. The second-order valence-electron chi connectivity index (χ2n) is 10.9. The number of aromatic nitrogens is 1. The molecule has 0 saturated heterocycles. The van der Waals surface area contributed by atoms with Crippen LogP contribution < -0.4 is 5.73 Å². The monoisotopic (exact) mass is 575 g/mol. The molecule has 4 aliphatic rings. The molecule has 1 fully saturated rings. The zero-order chi connectivity index (χ0) is 27.2. The quantitative estimate of drug-likeness (QED) is 0.171. The van der Waals surface area contributed by atoms with Gasteiger partial charge in [0.1, 0.15) is 5.76 Å². The van der Waals surface area contributed by atoms with Crippen molar-refractivity contribution in [3.63, 3.8) is 0 Å². The zero-order valence-corrected chi connectivity index (χ0v) is 24.3. The summed E-state index contributed by atoms with van der Waals surface area (Å²) in [4.78, 5) is 17.4. The molecule has 4 aliphatic carbocycles. The highest BCUT2D eigenvalue weighted by molar-refractivity contribution is 5.97. The fraction of sp³-hybridized carbons (Fsp3) is 0.353. The van der Waals surface area contributed by atoms with E-state index in [1.54, 1.807) is 12.2 Å². The molecule has 41 heavy (non-hydrogen) atoms. The van der Waals surface area contributed by atoms with Crippen LogP contribution in [0, 0.1) is 23.2 Å². The minimum atomic E-state index is -0.0749.